The first-order valence-corrected chi connectivity index (χ1v) is 6.69. The number of carbonyl (C=O) groups excluding carboxylic acids is 1. The molecule has 1 amide bonds. The molecule has 106 valence electrons. The highest BCUT2D eigenvalue weighted by Crippen LogP contribution is 2.23. The van der Waals surface area contributed by atoms with Crippen LogP contribution in [0.3, 0.4) is 0 Å². The van der Waals surface area contributed by atoms with Crippen LogP contribution in [-0.4, -0.2) is 5.91 Å². The van der Waals surface area contributed by atoms with Crippen molar-refractivity contribution in [1.29, 1.82) is 0 Å². The van der Waals surface area contributed by atoms with E-state index in [-0.39, 0.29) is 11.9 Å². The lowest BCUT2D eigenvalue weighted by atomic mass is 10.1. The number of hydrogen-bond donors (Lipinski definition) is 2. The summed E-state index contributed by atoms with van der Waals surface area (Å²) < 4.78 is 5.47. The van der Waals surface area contributed by atoms with Crippen LogP contribution in [0.5, 0.6) is 0 Å². The van der Waals surface area contributed by atoms with E-state index in [1.54, 1.807) is 18.2 Å². The van der Waals surface area contributed by atoms with Crippen LogP contribution in [0.25, 0.3) is 0 Å². The Labute approximate surface area is 122 Å². The van der Waals surface area contributed by atoms with Gasteiger partial charge in [-0.2, -0.15) is 0 Å². The summed E-state index contributed by atoms with van der Waals surface area (Å²) in [6.45, 7) is 5.66. The van der Waals surface area contributed by atoms with Crippen molar-refractivity contribution in [2.24, 2.45) is 0 Å². The van der Waals surface area contributed by atoms with Crippen molar-refractivity contribution in [3.05, 3.63) is 51.9 Å². The molecule has 4 nitrogen and oxygen atoms in total. The summed E-state index contributed by atoms with van der Waals surface area (Å²) in [6, 6.07) is 6.59. The maximum Gasteiger partial charge on any atom is 0.253 e. The second-order valence-corrected chi connectivity index (χ2v) is 5.23. The van der Waals surface area contributed by atoms with Gasteiger partial charge in [0.1, 0.15) is 11.5 Å². The number of rotatable bonds is 3. The normalized spacial score (nSPS) is 12.2. The van der Waals surface area contributed by atoms with E-state index in [2.05, 4.69) is 5.32 Å². The minimum Gasteiger partial charge on any atom is -0.466 e. The summed E-state index contributed by atoms with van der Waals surface area (Å²) in [7, 11) is 0. The van der Waals surface area contributed by atoms with Gasteiger partial charge in [0.05, 0.1) is 11.6 Å². The van der Waals surface area contributed by atoms with Crippen molar-refractivity contribution in [2.75, 3.05) is 5.73 Å². The number of nitrogens with one attached hydrogen (secondary N) is 1. The Morgan fingerprint density at radius 1 is 1.35 bits per heavy atom. The van der Waals surface area contributed by atoms with Gasteiger partial charge in [-0.05, 0) is 45.0 Å². The van der Waals surface area contributed by atoms with E-state index in [9.17, 15) is 4.79 Å². The molecule has 1 atom stereocenters. The van der Waals surface area contributed by atoms with Gasteiger partial charge in [0.2, 0.25) is 0 Å². The first-order chi connectivity index (χ1) is 9.38. The summed E-state index contributed by atoms with van der Waals surface area (Å²) in [5.74, 6) is 1.40. The second-order valence-electron chi connectivity index (χ2n) is 4.80. The number of furan rings is 1. The number of amides is 1. The minimum absolute atomic E-state index is 0.157. The van der Waals surface area contributed by atoms with Crippen molar-refractivity contribution in [3.8, 4) is 0 Å². The third-order valence-electron chi connectivity index (χ3n) is 3.15. The lowest BCUT2D eigenvalue weighted by Crippen LogP contribution is -2.27. The molecule has 1 aromatic carbocycles. The van der Waals surface area contributed by atoms with E-state index >= 15 is 0 Å². The van der Waals surface area contributed by atoms with Gasteiger partial charge in [-0.1, -0.05) is 11.6 Å². The Morgan fingerprint density at radius 3 is 2.60 bits per heavy atom. The summed E-state index contributed by atoms with van der Waals surface area (Å²) in [6.07, 6.45) is 0. The van der Waals surface area contributed by atoms with E-state index in [1.165, 1.54) is 0 Å². The Hall–Kier alpha value is -1.94. The van der Waals surface area contributed by atoms with Crippen molar-refractivity contribution < 1.29 is 9.21 Å². The van der Waals surface area contributed by atoms with E-state index in [4.69, 9.17) is 21.8 Å². The number of anilines is 1. The van der Waals surface area contributed by atoms with Gasteiger partial charge >= 0.3 is 0 Å². The van der Waals surface area contributed by atoms with E-state index < -0.39 is 0 Å². The number of nitrogens with two attached hydrogens (primary N) is 1. The molecule has 1 heterocycles. The molecule has 20 heavy (non-hydrogen) atoms. The average Bonchev–Trinajstić information content (AvgIpc) is 2.68. The van der Waals surface area contributed by atoms with Crippen LogP contribution in [-0.2, 0) is 0 Å². The zero-order chi connectivity index (χ0) is 14.9. The van der Waals surface area contributed by atoms with E-state index in [0.29, 0.717) is 16.3 Å². The molecule has 3 N–H and O–H groups in total. The summed E-state index contributed by atoms with van der Waals surface area (Å²) in [5.41, 5.74) is 7.55. The summed E-state index contributed by atoms with van der Waals surface area (Å²) in [5, 5.41) is 3.41. The van der Waals surface area contributed by atoms with Crippen LogP contribution in [0, 0.1) is 13.8 Å². The Kier molecular flexibility index (Phi) is 4.04. The van der Waals surface area contributed by atoms with Gasteiger partial charge < -0.3 is 15.5 Å². The van der Waals surface area contributed by atoms with Crippen LogP contribution in [0.1, 0.15) is 40.4 Å². The number of hydrogen-bond acceptors (Lipinski definition) is 3. The smallest absolute Gasteiger partial charge is 0.253 e. The standard InChI is InChI=1S/C15H17ClN2O2/c1-8-6-13(10(3)20-8)9(2)18-15(19)12-5-4-11(16)7-14(12)17/h4-7,9H,17H2,1-3H3,(H,18,19). The highest BCUT2D eigenvalue weighted by Gasteiger charge is 2.17. The molecular formula is C15H17ClN2O2. The molecule has 0 aliphatic heterocycles. The third kappa shape index (κ3) is 2.96. The number of halogens is 1. The maximum atomic E-state index is 12.2. The van der Waals surface area contributed by atoms with Gasteiger partial charge in [-0.3, -0.25) is 4.79 Å². The fourth-order valence-electron chi connectivity index (χ4n) is 2.17. The molecule has 5 heteroatoms. The second kappa shape index (κ2) is 5.59. The van der Waals surface area contributed by atoms with Crippen molar-refractivity contribution in [2.45, 2.75) is 26.8 Å². The molecule has 1 unspecified atom stereocenters. The van der Waals surface area contributed by atoms with Gasteiger partial charge in [-0.25, -0.2) is 0 Å². The Bertz CT molecular complexity index is 649. The molecule has 0 spiro atoms. The van der Waals surface area contributed by atoms with E-state index in [1.807, 2.05) is 26.8 Å². The SMILES string of the molecule is Cc1cc(C(C)NC(=O)c2ccc(Cl)cc2N)c(C)o1. The molecule has 2 rings (SSSR count). The molecule has 0 radical (unpaired) electrons. The van der Waals surface area contributed by atoms with E-state index in [0.717, 1.165) is 17.1 Å². The molecule has 0 fully saturated rings. The van der Waals surface area contributed by atoms with Crippen LogP contribution in [0.15, 0.2) is 28.7 Å². The lowest BCUT2D eigenvalue weighted by molar-refractivity contribution is 0.0940. The highest BCUT2D eigenvalue weighted by atomic mass is 35.5. The average molecular weight is 293 g/mol. The quantitative estimate of drug-likeness (QED) is 0.849. The van der Waals surface area contributed by atoms with Crippen molar-refractivity contribution in [1.82, 2.24) is 5.32 Å². The number of carbonyl (C=O) groups is 1. The largest absolute Gasteiger partial charge is 0.466 e. The Balaban J connectivity index is 2.17. The first-order valence-electron chi connectivity index (χ1n) is 6.31. The topological polar surface area (TPSA) is 68.3 Å². The van der Waals surface area contributed by atoms with Crippen LogP contribution >= 0.6 is 11.6 Å². The molecular weight excluding hydrogens is 276 g/mol. The predicted octanol–water partition coefficient (Wildman–Crippen LogP) is 3.62. The van der Waals surface area contributed by atoms with Crippen LogP contribution in [0.4, 0.5) is 5.69 Å². The minimum atomic E-state index is -0.232. The monoisotopic (exact) mass is 292 g/mol. The van der Waals surface area contributed by atoms with Gasteiger partial charge in [-0.15, -0.1) is 0 Å². The fourth-order valence-corrected chi connectivity index (χ4v) is 2.35. The lowest BCUT2D eigenvalue weighted by Gasteiger charge is -2.14. The fraction of sp³-hybridized carbons (Fsp3) is 0.267. The highest BCUT2D eigenvalue weighted by molar-refractivity contribution is 6.31. The van der Waals surface area contributed by atoms with Gasteiger partial charge in [0.25, 0.3) is 5.91 Å². The molecule has 0 saturated heterocycles. The molecule has 0 aliphatic carbocycles. The first kappa shape index (κ1) is 14.5. The zero-order valence-electron chi connectivity index (χ0n) is 11.7. The van der Waals surface area contributed by atoms with Crippen LogP contribution < -0.4 is 11.1 Å². The molecule has 0 bridgehead atoms. The number of aryl methyl sites for hydroxylation is 2. The summed E-state index contributed by atoms with van der Waals surface area (Å²) >= 11 is 5.82. The molecule has 0 aliphatic rings. The summed E-state index contributed by atoms with van der Waals surface area (Å²) in [4.78, 5) is 12.2. The maximum absolute atomic E-state index is 12.2. The number of benzene rings is 1. The van der Waals surface area contributed by atoms with Gasteiger partial charge in [0, 0.05) is 16.3 Å². The molecule has 0 saturated carbocycles. The van der Waals surface area contributed by atoms with Gasteiger partial charge in [0.15, 0.2) is 0 Å². The number of nitrogen functional groups attached to an aromatic ring is 1. The van der Waals surface area contributed by atoms with Crippen molar-refractivity contribution >= 4 is 23.2 Å². The Morgan fingerprint density at radius 2 is 2.05 bits per heavy atom. The molecule has 1 aromatic heterocycles. The predicted molar refractivity (Wildman–Crippen MR) is 79.9 cm³/mol. The van der Waals surface area contributed by atoms with Crippen molar-refractivity contribution in [3.63, 3.8) is 0 Å². The molecule has 2 aromatic rings. The third-order valence-corrected chi connectivity index (χ3v) is 3.39. The zero-order valence-corrected chi connectivity index (χ0v) is 12.4. The van der Waals surface area contributed by atoms with Crippen LogP contribution in [0.2, 0.25) is 5.02 Å².